The summed E-state index contributed by atoms with van der Waals surface area (Å²) < 4.78 is 0. The van der Waals surface area contributed by atoms with Gasteiger partial charge in [-0.2, -0.15) is 0 Å². The van der Waals surface area contributed by atoms with Gasteiger partial charge in [0.05, 0.1) is 0 Å². The molecule has 1 aliphatic rings. The Morgan fingerprint density at radius 3 is 2.47 bits per heavy atom. The normalized spacial score (nSPS) is 14.6. The summed E-state index contributed by atoms with van der Waals surface area (Å²) in [6, 6.07) is 2.81. The predicted octanol–water partition coefficient (Wildman–Crippen LogP) is 2.41. The smallest absolute Gasteiger partial charge is 0.178 e. The largest absolute Gasteiger partial charge is 0.310 e. The Morgan fingerprint density at radius 1 is 1.11 bits per heavy atom. The van der Waals surface area contributed by atoms with Crippen molar-refractivity contribution in [1.29, 1.82) is 0 Å². The van der Waals surface area contributed by atoms with Gasteiger partial charge in [0.15, 0.2) is 5.82 Å². The Kier molecular flexibility index (Phi) is 3.25. The Morgan fingerprint density at radius 2 is 1.84 bits per heavy atom. The summed E-state index contributed by atoms with van der Waals surface area (Å²) in [5.41, 5.74) is 4.27. The van der Waals surface area contributed by atoms with Crippen LogP contribution in [0.2, 0.25) is 0 Å². The predicted molar refractivity (Wildman–Crippen MR) is 74.6 cm³/mol. The highest BCUT2D eigenvalue weighted by Gasteiger charge is 2.20. The van der Waals surface area contributed by atoms with E-state index in [0.29, 0.717) is 11.9 Å². The van der Waals surface area contributed by atoms with E-state index in [-0.39, 0.29) is 0 Å². The molecule has 3 rings (SSSR count). The number of aryl methyl sites for hydroxylation is 2. The average Bonchev–Trinajstić information content (AvgIpc) is 3.21. The molecule has 0 radical (unpaired) electrons. The molecule has 2 heterocycles. The molecule has 1 N–H and O–H groups in total. The quantitative estimate of drug-likeness (QED) is 0.910. The van der Waals surface area contributed by atoms with Crippen molar-refractivity contribution in [1.82, 2.24) is 20.3 Å². The Balaban J connectivity index is 1.76. The summed E-state index contributed by atoms with van der Waals surface area (Å²) in [6.07, 6.45) is 8.22. The highest BCUT2D eigenvalue weighted by atomic mass is 15.0. The van der Waals surface area contributed by atoms with Gasteiger partial charge in [0, 0.05) is 36.7 Å². The lowest BCUT2D eigenvalue weighted by molar-refractivity contribution is 0.683. The zero-order valence-corrected chi connectivity index (χ0v) is 11.3. The van der Waals surface area contributed by atoms with Crippen molar-refractivity contribution in [2.75, 3.05) is 0 Å². The Labute approximate surface area is 113 Å². The van der Waals surface area contributed by atoms with E-state index in [1.807, 2.05) is 32.4 Å². The van der Waals surface area contributed by atoms with Gasteiger partial charge >= 0.3 is 0 Å². The first-order valence-electron chi connectivity index (χ1n) is 6.70. The summed E-state index contributed by atoms with van der Waals surface area (Å²) in [6.45, 7) is 4.93. The van der Waals surface area contributed by atoms with Gasteiger partial charge in [-0.1, -0.05) is 6.07 Å². The van der Waals surface area contributed by atoms with E-state index in [9.17, 15) is 0 Å². The van der Waals surface area contributed by atoms with Gasteiger partial charge in [0.2, 0.25) is 0 Å². The van der Waals surface area contributed by atoms with Crippen molar-refractivity contribution in [3.63, 3.8) is 0 Å². The minimum atomic E-state index is 0.702. The zero-order valence-electron chi connectivity index (χ0n) is 11.3. The van der Waals surface area contributed by atoms with E-state index in [0.717, 1.165) is 28.9 Å². The van der Waals surface area contributed by atoms with Crippen molar-refractivity contribution in [3.05, 3.63) is 41.3 Å². The molecule has 0 aromatic carbocycles. The fraction of sp³-hybridized carbons (Fsp3) is 0.400. The van der Waals surface area contributed by atoms with Gasteiger partial charge in [0.1, 0.15) is 5.69 Å². The minimum Gasteiger partial charge on any atom is -0.310 e. The van der Waals surface area contributed by atoms with Gasteiger partial charge in [-0.05, 0) is 37.8 Å². The van der Waals surface area contributed by atoms with Crippen LogP contribution in [0.3, 0.4) is 0 Å². The van der Waals surface area contributed by atoms with E-state index >= 15 is 0 Å². The van der Waals surface area contributed by atoms with Crippen LogP contribution in [0.25, 0.3) is 11.5 Å². The molecular formula is C15H18N4. The number of hydrogen-bond acceptors (Lipinski definition) is 4. The molecule has 0 unspecified atom stereocenters. The molecule has 0 saturated heterocycles. The van der Waals surface area contributed by atoms with Crippen LogP contribution in [0.5, 0.6) is 0 Å². The van der Waals surface area contributed by atoms with Gasteiger partial charge in [0.25, 0.3) is 0 Å². The lowest BCUT2D eigenvalue weighted by Crippen LogP contribution is -2.15. The third kappa shape index (κ3) is 2.96. The lowest BCUT2D eigenvalue weighted by atomic mass is 10.1. The van der Waals surface area contributed by atoms with Crippen LogP contribution >= 0.6 is 0 Å². The topological polar surface area (TPSA) is 50.7 Å². The van der Waals surface area contributed by atoms with Crippen molar-refractivity contribution < 1.29 is 0 Å². The SMILES string of the molecule is Cc1cnc(-c2ncc(CNC3CC3)cn2)c(C)c1. The Bertz CT molecular complexity index is 573. The van der Waals surface area contributed by atoms with Crippen LogP contribution in [0.15, 0.2) is 24.7 Å². The molecule has 0 atom stereocenters. The standard InChI is InChI=1S/C15H18N4/c1-10-5-11(2)14(17-6-10)15-18-8-12(9-19-15)7-16-13-3-4-13/h5-6,8-9,13,16H,3-4,7H2,1-2H3. The number of pyridine rings is 1. The van der Waals surface area contributed by atoms with Crippen molar-refractivity contribution >= 4 is 0 Å². The highest BCUT2D eigenvalue weighted by Crippen LogP contribution is 2.20. The van der Waals surface area contributed by atoms with Crippen molar-refractivity contribution in [3.8, 4) is 11.5 Å². The molecule has 1 saturated carbocycles. The molecule has 1 aliphatic carbocycles. The maximum atomic E-state index is 4.42. The molecule has 0 bridgehead atoms. The molecule has 4 heteroatoms. The van der Waals surface area contributed by atoms with E-state index in [1.165, 1.54) is 12.8 Å². The van der Waals surface area contributed by atoms with E-state index in [4.69, 9.17) is 0 Å². The van der Waals surface area contributed by atoms with Crippen LogP contribution in [0.4, 0.5) is 0 Å². The van der Waals surface area contributed by atoms with Gasteiger partial charge < -0.3 is 5.32 Å². The average molecular weight is 254 g/mol. The Hall–Kier alpha value is -1.81. The van der Waals surface area contributed by atoms with E-state index < -0.39 is 0 Å². The lowest BCUT2D eigenvalue weighted by Gasteiger charge is -2.06. The molecule has 98 valence electrons. The number of hydrogen-bond donors (Lipinski definition) is 1. The number of aromatic nitrogens is 3. The van der Waals surface area contributed by atoms with Gasteiger partial charge in [-0.3, -0.25) is 4.98 Å². The van der Waals surface area contributed by atoms with Crippen LogP contribution < -0.4 is 5.32 Å². The monoisotopic (exact) mass is 254 g/mol. The molecule has 4 nitrogen and oxygen atoms in total. The van der Waals surface area contributed by atoms with Crippen LogP contribution in [-0.4, -0.2) is 21.0 Å². The summed E-state index contributed by atoms with van der Waals surface area (Å²) in [5, 5.41) is 3.46. The van der Waals surface area contributed by atoms with Gasteiger partial charge in [-0.15, -0.1) is 0 Å². The van der Waals surface area contributed by atoms with Crippen molar-refractivity contribution in [2.24, 2.45) is 0 Å². The molecular weight excluding hydrogens is 236 g/mol. The van der Waals surface area contributed by atoms with Gasteiger partial charge in [-0.25, -0.2) is 9.97 Å². The number of nitrogens with one attached hydrogen (secondary N) is 1. The maximum Gasteiger partial charge on any atom is 0.178 e. The summed E-state index contributed by atoms with van der Waals surface area (Å²) in [7, 11) is 0. The minimum absolute atomic E-state index is 0.702. The first kappa shape index (κ1) is 12.2. The van der Waals surface area contributed by atoms with Crippen LogP contribution in [0.1, 0.15) is 29.5 Å². The molecule has 19 heavy (non-hydrogen) atoms. The molecule has 0 amide bonds. The second-order valence-electron chi connectivity index (χ2n) is 5.25. The fourth-order valence-electron chi connectivity index (χ4n) is 2.07. The second kappa shape index (κ2) is 5.05. The zero-order chi connectivity index (χ0) is 13.2. The molecule has 2 aromatic heterocycles. The fourth-order valence-corrected chi connectivity index (χ4v) is 2.07. The summed E-state index contributed by atoms with van der Waals surface area (Å²) in [4.78, 5) is 13.3. The molecule has 0 spiro atoms. The summed E-state index contributed by atoms with van der Waals surface area (Å²) in [5.74, 6) is 0.702. The molecule has 0 aliphatic heterocycles. The second-order valence-corrected chi connectivity index (χ2v) is 5.25. The summed E-state index contributed by atoms with van der Waals surface area (Å²) >= 11 is 0. The van der Waals surface area contributed by atoms with Crippen LogP contribution in [0, 0.1) is 13.8 Å². The highest BCUT2D eigenvalue weighted by molar-refractivity contribution is 5.54. The third-order valence-corrected chi connectivity index (χ3v) is 3.30. The van der Waals surface area contributed by atoms with Crippen molar-refractivity contribution in [2.45, 2.75) is 39.3 Å². The first-order chi connectivity index (χ1) is 9.22. The number of nitrogens with zero attached hydrogens (tertiary/aromatic N) is 3. The first-order valence-corrected chi connectivity index (χ1v) is 6.70. The molecule has 1 fully saturated rings. The molecule has 2 aromatic rings. The number of rotatable bonds is 4. The van der Waals surface area contributed by atoms with Crippen LogP contribution in [-0.2, 0) is 6.54 Å². The van der Waals surface area contributed by atoms with E-state index in [1.54, 1.807) is 0 Å². The third-order valence-electron chi connectivity index (χ3n) is 3.30. The van der Waals surface area contributed by atoms with E-state index in [2.05, 4.69) is 26.3 Å². The maximum absolute atomic E-state index is 4.42.